The molecule has 3 N–H and O–H groups in total. The van der Waals surface area contributed by atoms with E-state index >= 15 is 0 Å². The molecule has 0 spiro atoms. The summed E-state index contributed by atoms with van der Waals surface area (Å²) in [7, 11) is -2.13. The molecule has 1 aromatic rings. The van der Waals surface area contributed by atoms with E-state index in [9.17, 15) is 18.0 Å². The number of sulfone groups is 1. The van der Waals surface area contributed by atoms with Crippen LogP contribution in [0.25, 0.3) is 0 Å². The molecule has 0 saturated heterocycles. The topological polar surface area (TPSA) is 131 Å². The van der Waals surface area contributed by atoms with Crippen LogP contribution < -0.4 is 10.9 Å². The van der Waals surface area contributed by atoms with Gasteiger partial charge in [-0.25, -0.2) is 13.8 Å². The standard InChI is InChI=1S/C24H40N2O7S/c1-7-33-21(28)18(2)13-19-9-8-10-20(14-19)24(5,22(29)26-25-6)16-32-15-23(3,4)17-34(30,31)12-11-27/h8-10,14,18,25,27H,7,11-13,15-17H2,1-6H3,(H,26,29)/i5D3. The first-order valence-corrected chi connectivity index (χ1v) is 13.0. The molecule has 1 rings (SSSR count). The summed E-state index contributed by atoms with van der Waals surface area (Å²) in [4.78, 5) is 25.4. The van der Waals surface area contributed by atoms with Crippen LogP contribution in [-0.4, -0.2) is 70.4 Å². The Morgan fingerprint density at radius 1 is 1.26 bits per heavy atom. The van der Waals surface area contributed by atoms with Crippen LogP contribution >= 0.6 is 0 Å². The molecular weight excluding hydrogens is 460 g/mol. The summed E-state index contributed by atoms with van der Waals surface area (Å²) in [6.45, 7) is 2.87. The fraction of sp³-hybridized carbons (Fsp3) is 0.667. The van der Waals surface area contributed by atoms with Crippen molar-refractivity contribution in [2.45, 2.75) is 46.4 Å². The Bertz CT molecular complexity index is 1020. The van der Waals surface area contributed by atoms with Crippen LogP contribution in [0.1, 0.15) is 49.8 Å². The zero-order valence-electron chi connectivity index (χ0n) is 23.6. The SMILES string of the molecule is [2H]C([2H])([2H])C(COCC(C)(C)CS(=O)(=O)CCO)(C(=O)NNC)c1cccc(CC(C)C(=O)OCC)c1. The van der Waals surface area contributed by atoms with E-state index in [2.05, 4.69) is 10.9 Å². The summed E-state index contributed by atoms with van der Waals surface area (Å²) in [5.74, 6) is -2.40. The van der Waals surface area contributed by atoms with Crippen molar-refractivity contribution in [3.63, 3.8) is 0 Å². The summed E-state index contributed by atoms with van der Waals surface area (Å²) < 4.78 is 60.2. The molecule has 0 aliphatic rings. The molecule has 1 amide bonds. The number of esters is 1. The van der Waals surface area contributed by atoms with E-state index in [1.807, 2.05) is 0 Å². The molecule has 2 unspecified atom stereocenters. The molecule has 0 saturated carbocycles. The van der Waals surface area contributed by atoms with Crippen molar-refractivity contribution in [3.8, 4) is 0 Å². The van der Waals surface area contributed by atoms with E-state index in [4.69, 9.17) is 18.7 Å². The van der Waals surface area contributed by atoms with Gasteiger partial charge in [0.05, 0.1) is 49.3 Å². The molecule has 1 aromatic carbocycles. The average Bonchev–Trinajstić information content (AvgIpc) is 2.75. The van der Waals surface area contributed by atoms with Gasteiger partial charge >= 0.3 is 5.97 Å². The molecule has 0 fully saturated rings. The number of benzene rings is 1. The Labute approximate surface area is 207 Å². The van der Waals surface area contributed by atoms with Crippen molar-refractivity contribution in [2.75, 3.05) is 45.0 Å². The molecule has 0 radical (unpaired) electrons. The van der Waals surface area contributed by atoms with Gasteiger partial charge in [-0.3, -0.25) is 15.0 Å². The summed E-state index contributed by atoms with van der Waals surface area (Å²) in [6.07, 6.45) is 0.272. The maximum atomic E-state index is 13.3. The van der Waals surface area contributed by atoms with E-state index in [0.717, 1.165) is 0 Å². The highest BCUT2D eigenvalue weighted by Crippen LogP contribution is 2.28. The number of carbonyl (C=O) groups is 2. The van der Waals surface area contributed by atoms with E-state index in [1.165, 1.54) is 13.1 Å². The van der Waals surface area contributed by atoms with E-state index in [-0.39, 0.29) is 36.9 Å². The number of aliphatic hydroxyl groups excluding tert-OH is 1. The first-order valence-electron chi connectivity index (χ1n) is 12.7. The number of hydrazine groups is 1. The predicted molar refractivity (Wildman–Crippen MR) is 131 cm³/mol. The van der Waals surface area contributed by atoms with Gasteiger partial charge in [0.25, 0.3) is 0 Å². The van der Waals surface area contributed by atoms with Gasteiger partial charge in [0, 0.05) is 16.6 Å². The Morgan fingerprint density at radius 3 is 2.56 bits per heavy atom. The van der Waals surface area contributed by atoms with Gasteiger partial charge in [0.2, 0.25) is 5.91 Å². The minimum atomic E-state index is -3.56. The second-order valence-electron chi connectivity index (χ2n) is 9.14. The Kier molecular flexibility index (Phi) is 9.73. The Hall–Kier alpha value is -2.01. The lowest BCUT2D eigenvalue weighted by Gasteiger charge is -2.31. The molecule has 10 heteroatoms. The van der Waals surface area contributed by atoms with Gasteiger partial charge in [0.15, 0.2) is 9.84 Å². The molecule has 9 nitrogen and oxygen atoms in total. The molecule has 0 aromatic heterocycles. The maximum absolute atomic E-state index is 13.3. The number of amides is 1. The molecule has 34 heavy (non-hydrogen) atoms. The fourth-order valence-electron chi connectivity index (χ4n) is 3.51. The highest BCUT2D eigenvalue weighted by atomic mass is 32.2. The van der Waals surface area contributed by atoms with Gasteiger partial charge in [-0.2, -0.15) is 0 Å². The van der Waals surface area contributed by atoms with Crippen LogP contribution in [0.5, 0.6) is 0 Å². The first kappa shape index (κ1) is 25.1. The summed E-state index contributed by atoms with van der Waals surface area (Å²) in [5.41, 5.74) is 2.59. The van der Waals surface area contributed by atoms with Crippen LogP contribution in [0.2, 0.25) is 0 Å². The minimum Gasteiger partial charge on any atom is -0.466 e. The summed E-state index contributed by atoms with van der Waals surface area (Å²) >= 11 is 0. The number of rotatable bonds is 15. The largest absolute Gasteiger partial charge is 0.466 e. The zero-order valence-corrected chi connectivity index (χ0v) is 21.5. The lowest BCUT2D eigenvalue weighted by molar-refractivity contribution is -0.147. The second kappa shape index (κ2) is 13.2. The molecule has 0 aliphatic heterocycles. The van der Waals surface area contributed by atoms with E-state index in [1.54, 1.807) is 45.9 Å². The van der Waals surface area contributed by atoms with E-state index < -0.39 is 58.3 Å². The smallest absolute Gasteiger partial charge is 0.308 e. The predicted octanol–water partition coefficient (Wildman–Crippen LogP) is 1.39. The third-order valence-electron chi connectivity index (χ3n) is 5.10. The quantitative estimate of drug-likeness (QED) is 0.242. The van der Waals surface area contributed by atoms with Crippen LogP contribution in [0.4, 0.5) is 0 Å². The highest BCUT2D eigenvalue weighted by molar-refractivity contribution is 7.91. The molecule has 0 aliphatic carbocycles. The molecule has 0 bridgehead atoms. The summed E-state index contributed by atoms with van der Waals surface area (Å²) in [5, 5.41) is 8.99. The Morgan fingerprint density at radius 2 is 1.97 bits per heavy atom. The zero-order chi connectivity index (χ0) is 28.5. The van der Waals surface area contributed by atoms with Gasteiger partial charge in [-0.15, -0.1) is 0 Å². The number of ether oxygens (including phenoxy) is 2. The maximum Gasteiger partial charge on any atom is 0.308 e. The lowest BCUT2D eigenvalue weighted by atomic mass is 9.81. The van der Waals surface area contributed by atoms with E-state index in [0.29, 0.717) is 5.56 Å². The van der Waals surface area contributed by atoms with Gasteiger partial charge < -0.3 is 14.6 Å². The van der Waals surface area contributed by atoms with Gasteiger partial charge in [-0.05, 0) is 31.3 Å². The average molecular weight is 504 g/mol. The number of aliphatic hydroxyl groups is 1. The van der Waals surface area contributed by atoms with Gasteiger partial charge in [-0.1, -0.05) is 45.0 Å². The normalized spacial score (nSPS) is 16.5. The monoisotopic (exact) mass is 503 g/mol. The third kappa shape index (κ3) is 9.32. The van der Waals surface area contributed by atoms with Crippen molar-refractivity contribution in [3.05, 3.63) is 35.4 Å². The van der Waals surface area contributed by atoms with Crippen LogP contribution in [-0.2, 0) is 40.7 Å². The van der Waals surface area contributed by atoms with Gasteiger partial charge in [0.1, 0.15) is 0 Å². The molecular formula is C24H40N2O7S. The number of carbonyl (C=O) groups excluding carboxylic acids is 2. The molecule has 0 heterocycles. The number of hydrogen-bond acceptors (Lipinski definition) is 8. The van der Waals surface area contributed by atoms with Crippen molar-refractivity contribution < 1.29 is 36.7 Å². The highest BCUT2D eigenvalue weighted by Gasteiger charge is 2.37. The second-order valence-corrected chi connectivity index (χ2v) is 11.3. The van der Waals surface area contributed by atoms with Crippen LogP contribution in [0, 0.1) is 11.3 Å². The minimum absolute atomic E-state index is 0.151. The van der Waals surface area contributed by atoms with Crippen LogP contribution in [0.15, 0.2) is 24.3 Å². The first-order chi connectivity index (χ1) is 17.0. The lowest BCUT2D eigenvalue weighted by Crippen LogP contribution is -2.50. The number of hydrogen-bond donors (Lipinski definition) is 3. The molecule has 2 atom stereocenters. The van der Waals surface area contributed by atoms with Crippen molar-refractivity contribution >= 4 is 21.7 Å². The fourth-order valence-corrected chi connectivity index (χ4v) is 5.21. The Balaban J connectivity index is 3.37. The number of nitrogens with one attached hydrogen (secondary N) is 2. The van der Waals surface area contributed by atoms with Crippen molar-refractivity contribution in [2.24, 2.45) is 11.3 Å². The molecule has 194 valence electrons. The van der Waals surface area contributed by atoms with Crippen LogP contribution in [0.3, 0.4) is 0 Å². The van der Waals surface area contributed by atoms with Crippen molar-refractivity contribution in [1.82, 2.24) is 10.9 Å². The third-order valence-corrected chi connectivity index (χ3v) is 7.13. The van der Waals surface area contributed by atoms with Crippen molar-refractivity contribution in [1.29, 1.82) is 0 Å². The summed E-state index contributed by atoms with van der Waals surface area (Å²) in [6, 6.07) is 6.43.